The van der Waals surface area contributed by atoms with Crippen LogP contribution in [0.2, 0.25) is 0 Å². The molecule has 0 spiro atoms. The lowest BCUT2D eigenvalue weighted by Crippen LogP contribution is -2.64. The summed E-state index contributed by atoms with van der Waals surface area (Å²) in [5.74, 6) is 0.864. The van der Waals surface area contributed by atoms with Crippen LogP contribution in [0.3, 0.4) is 0 Å². The summed E-state index contributed by atoms with van der Waals surface area (Å²) < 4.78 is 23.3. The number of fused-ring (bicyclic) bond motifs is 2. The third-order valence-corrected chi connectivity index (χ3v) is 6.58. The lowest BCUT2D eigenvalue weighted by Gasteiger charge is -2.50. The molecule has 5 aliphatic rings. The Morgan fingerprint density at radius 2 is 2.08 bits per heavy atom. The van der Waals surface area contributed by atoms with Crippen molar-refractivity contribution in [3.05, 3.63) is 34.3 Å². The SMILES string of the molecule is CC1(C)OC2C3C=CC(Br)(ON3Cc3ccc4c(c3Br)OCO4)C2O1. The average molecular weight is 475 g/mol. The predicted molar refractivity (Wildman–Crippen MR) is 95.3 cm³/mol. The summed E-state index contributed by atoms with van der Waals surface area (Å²) in [5.41, 5.74) is 1.05. The summed E-state index contributed by atoms with van der Waals surface area (Å²) in [5, 5.41) is 1.93. The van der Waals surface area contributed by atoms with E-state index in [1.165, 1.54) is 0 Å². The number of nitrogens with zero attached hydrogens (tertiary/aromatic N) is 1. The van der Waals surface area contributed by atoms with Crippen LogP contribution >= 0.6 is 31.9 Å². The molecule has 6 rings (SSSR count). The Bertz CT molecular complexity index is 770. The van der Waals surface area contributed by atoms with Crippen molar-refractivity contribution in [3.8, 4) is 11.5 Å². The van der Waals surface area contributed by atoms with E-state index in [1.807, 2.05) is 37.1 Å². The van der Waals surface area contributed by atoms with Gasteiger partial charge in [0.15, 0.2) is 21.8 Å². The average Bonchev–Trinajstić information content (AvgIpc) is 3.14. The van der Waals surface area contributed by atoms with Crippen molar-refractivity contribution in [3.63, 3.8) is 0 Å². The second kappa shape index (κ2) is 5.43. The van der Waals surface area contributed by atoms with Crippen LogP contribution in [0, 0.1) is 0 Å². The maximum absolute atomic E-state index is 6.22. The molecule has 8 heteroatoms. The highest BCUT2D eigenvalue weighted by Crippen LogP contribution is 2.50. The van der Waals surface area contributed by atoms with Gasteiger partial charge in [-0.2, -0.15) is 5.06 Å². The Balaban J connectivity index is 1.45. The summed E-state index contributed by atoms with van der Waals surface area (Å²) in [7, 11) is 0. The molecule has 1 aromatic rings. The van der Waals surface area contributed by atoms with Crippen molar-refractivity contribution in [1.82, 2.24) is 5.06 Å². The maximum atomic E-state index is 6.22. The summed E-state index contributed by atoms with van der Waals surface area (Å²) in [6.45, 7) is 4.68. The van der Waals surface area contributed by atoms with E-state index >= 15 is 0 Å². The van der Waals surface area contributed by atoms with Crippen molar-refractivity contribution in [1.29, 1.82) is 0 Å². The maximum Gasteiger partial charge on any atom is 0.231 e. The molecule has 1 aliphatic carbocycles. The molecule has 0 N–H and O–H groups in total. The molecule has 4 heterocycles. The van der Waals surface area contributed by atoms with Crippen molar-refractivity contribution in [2.75, 3.05) is 6.79 Å². The molecule has 0 saturated carbocycles. The Kier molecular flexibility index (Phi) is 3.59. The van der Waals surface area contributed by atoms with Crippen molar-refractivity contribution >= 4 is 31.9 Å². The molecule has 2 fully saturated rings. The van der Waals surface area contributed by atoms with Crippen LogP contribution in [0.1, 0.15) is 19.4 Å². The van der Waals surface area contributed by atoms with Crippen LogP contribution in [0.25, 0.3) is 0 Å². The minimum Gasteiger partial charge on any atom is -0.454 e. The van der Waals surface area contributed by atoms with Crippen LogP contribution in [0.4, 0.5) is 0 Å². The van der Waals surface area contributed by atoms with Gasteiger partial charge in [-0.15, -0.1) is 0 Å². The zero-order valence-corrected chi connectivity index (χ0v) is 16.9. The van der Waals surface area contributed by atoms with Crippen LogP contribution < -0.4 is 9.47 Å². The predicted octanol–water partition coefficient (Wildman–Crippen LogP) is 3.47. The Morgan fingerprint density at radius 1 is 1.24 bits per heavy atom. The fourth-order valence-corrected chi connectivity index (χ4v) is 5.03. The summed E-state index contributed by atoms with van der Waals surface area (Å²) in [4.78, 5) is 6.22. The van der Waals surface area contributed by atoms with E-state index in [0.29, 0.717) is 6.54 Å². The normalized spacial score (nSPS) is 37.5. The van der Waals surface area contributed by atoms with Gasteiger partial charge in [0.05, 0.1) is 17.1 Å². The molecule has 6 nitrogen and oxygen atoms in total. The number of hydrogen-bond donors (Lipinski definition) is 0. The van der Waals surface area contributed by atoms with Gasteiger partial charge in [0.25, 0.3) is 0 Å². The van der Waals surface area contributed by atoms with E-state index in [2.05, 4.69) is 37.9 Å². The molecule has 4 atom stereocenters. The second-order valence-corrected chi connectivity index (χ2v) is 9.04. The number of halogens is 2. The highest BCUT2D eigenvalue weighted by molar-refractivity contribution is 9.10. The van der Waals surface area contributed by atoms with Gasteiger partial charge >= 0.3 is 0 Å². The molecule has 4 aliphatic heterocycles. The number of hydroxylamine groups is 2. The number of alkyl halides is 1. The van der Waals surface area contributed by atoms with Gasteiger partial charge in [0, 0.05) is 0 Å². The molecule has 2 saturated heterocycles. The summed E-state index contributed by atoms with van der Waals surface area (Å²) in [6.07, 6.45) is 3.84. The van der Waals surface area contributed by atoms with Crippen LogP contribution in [-0.2, 0) is 20.9 Å². The number of rotatable bonds is 2. The van der Waals surface area contributed by atoms with E-state index in [4.69, 9.17) is 23.8 Å². The largest absolute Gasteiger partial charge is 0.454 e. The first-order chi connectivity index (χ1) is 11.9. The lowest BCUT2D eigenvalue weighted by molar-refractivity contribution is -0.289. The number of ether oxygens (including phenoxy) is 4. The lowest BCUT2D eigenvalue weighted by atomic mass is 9.91. The van der Waals surface area contributed by atoms with E-state index in [-0.39, 0.29) is 25.0 Å². The first-order valence-corrected chi connectivity index (χ1v) is 9.72. The molecule has 25 heavy (non-hydrogen) atoms. The fraction of sp³-hybridized carbons (Fsp3) is 0.529. The minimum atomic E-state index is -0.719. The molecule has 1 aromatic carbocycles. The van der Waals surface area contributed by atoms with Gasteiger partial charge in [-0.3, -0.25) is 4.84 Å². The summed E-state index contributed by atoms with van der Waals surface area (Å²) in [6, 6.07) is 3.91. The second-order valence-electron chi connectivity index (χ2n) is 7.01. The molecular formula is C17H17Br2NO5. The van der Waals surface area contributed by atoms with E-state index in [9.17, 15) is 0 Å². The Morgan fingerprint density at radius 3 is 2.92 bits per heavy atom. The van der Waals surface area contributed by atoms with E-state index in [0.717, 1.165) is 21.5 Å². The highest BCUT2D eigenvalue weighted by Gasteiger charge is 2.62. The fourth-order valence-electron chi connectivity index (χ4n) is 3.77. The molecule has 0 amide bonds. The van der Waals surface area contributed by atoms with Gasteiger partial charge in [-0.1, -0.05) is 12.1 Å². The van der Waals surface area contributed by atoms with E-state index < -0.39 is 10.3 Å². The molecule has 4 unspecified atom stereocenters. The monoisotopic (exact) mass is 473 g/mol. The molecule has 0 aromatic heterocycles. The summed E-state index contributed by atoms with van der Waals surface area (Å²) >= 11 is 7.33. The van der Waals surface area contributed by atoms with Gasteiger partial charge in [0.1, 0.15) is 12.2 Å². The van der Waals surface area contributed by atoms with Crippen molar-refractivity contribution in [2.24, 2.45) is 0 Å². The zero-order valence-electron chi connectivity index (χ0n) is 13.7. The molecule has 0 radical (unpaired) electrons. The van der Waals surface area contributed by atoms with Gasteiger partial charge in [0.2, 0.25) is 6.79 Å². The van der Waals surface area contributed by atoms with Gasteiger partial charge in [-0.05, 0) is 63.4 Å². The number of benzene rings is 1. The first-order valence-electron chi connectivity index (χ1n) is 8.13. The van der Waals surface area contributed by atoms with Crippen LogP contribution in [0.15, 0.2) is 28.8 Å². The standard InChI is InChI=1S/C17H17Br2NO5/c1-16(2)23-13-10-5-6-17(19,15(13)24-16)25-20(10)7-9-3-4-11-14(12(9)18)22-8-21-11/h3-6,10,13,15H,7-8H2,1-2H3. The van der Waals surface area contributed by atoms with E-state index in [1.54, 1.807) is 0 Å². The van der Waals surface area contributed by atoms with Crippen LogP contribution in [0.5, 0.6) is 11.5 Å². The number of hydrogen-bond acceptors (Lipinski definition) is 6. The van der Waals surface area contributed by atoms with Gasteiger partial charge < -0.3 is 18.9 Å². The molecule has 2 bridgehead atoms. The quantitative estimate of drug-likeness (QED) is 0.483. The highest BCUT2D eigenvalue weighted by atomic mass is 79.9. The third-order valence-electron chi connectivity index (χ3n) is 4.85. The Labute approximate surface area is 162 Å². The Hall–Kier alpha value is -0.640. The topological polar surface area (TPSA) is 49.4 Å². The van der Waals surface area contributed by atoms with Crippen LogP contribution in [-0.4, -0.2) is 40.4 Å². The van der Waals surface area contributed by atoms with Crippen molar-refractivity contribution < 1.29 is 23.8 Å². The third kappa shape index (κ3) is 2.49. The smallest absolute Gasteiger partial charge is 0.231 e. The van der Waals surface area contributed by atoms with Gasteiger partial charge in [-0.25, -0.2) is 0 Å². The first kappa shape index (κ1) is 16.5. The zero-order chi connectivity index (χ0) is 17.4. The molecular weight excluding hydrogens is 458 g/mol. The minimum absolute atomic E-state index is 0.0245. The van der Waals surface area contributed by atoms with Crippen molar-refractivity contribution in [2.45, 2.75) is 48.9 Å². The molecule has 134 valence electrons.